The average Bonchev–Trinajstić information content (AvgIpc) is 2.52. The minimum absolute atomic E-state index is 0.0592. The van der Waals surface area contributed by atoms with Crippen molar-refractivity contribution >= 4 is 0 Å². The van der Waals surface area contributed by atoms with Crippen LogP contribution in [0.3, 0.4) is 0 Å². The van der Waals surface area contributed by atoms with Crippen molar-refractivity contribution in [2.75, 3.05) is 26.8 Å². The van der Waals surface area contributed by atoms with Crippen LogP contribution < -0.4 is 14.8 Å². The van der Waals surface area contributed by atoms with Crippen LogP contribution in [0.15, 0.2) is 18.2 Å². The topological polar surface area (TPSA) is 30.5 Å². The van der Waals surface area contributed by atoms with E-state index in [-0.39, 0.29) is 5.56 Å². The summed E-state index contributed by atoms with van der Waals surface area (Å²) in [6.45, 7) is 0.653. The summed E-state index contributed by atoms with van der Waals surface area (Å²) in [5.74, 6) is -1.97. The van der Waals surface area contributed by atoms with Gasteiger partial charge in [-0.3, -0.25) is 0 Å². The molecular weight excluding hydrogens is 228 g/mol. The predicted molar refractivity (Wildman–Crippen MR) is 59.9 cm³/mol. The van der Waals surface area contributed by atoms with Gasteiger partial charge in [0.15, 0.2) is 11.5 Å². The van der Waals surface area contributed by atoms with E-state index in [1.807, 2.05) is 0 Å². The van der Waals surface area contributed by atoms with Gasteiger partial charge in [0.2, 0.25) is 0 Å². The normalized spacial score (nSPS) is 15.5. The number of halogens is 2. The minimum atomic E-state index is -2.90. The van der Waals surface area contributed by atoms with Crippen LogP contribution in [0.5, 0.6) is 11.5 Å². The van der Waals surface area contributed by atoms with Gasteiger partial charge in [0, 0.05) is 12.0 Å². The van der Waals surface area contributed by atoms with Gasteiger partial charge in [-0.15, -0.1) is 0 Å². The first kappa shape index (κ1) is 12.1. The molecule has 0 aliphatic carbocycles. The highest BCUT2D eigenvalue weighted by atomic mass is 19.3. The number of benzene rings is 1. The first-order chi connectivity index (χ1) is 8.13. The van der Waals surface area contributed by atoms with E-state index < -0.39 is 12.5 Å². The van der Waals surface area contributed by atoms with Crippen molar-refractivity contribution in [2.45, 2.75) is 12.3 Å². The van der Waals surface area contributed by atoms with Gasteiger partial charge < -0.3 is 14.8 Å². The smallest absolute Gasteiger partial charge is 0.285 e. The van der Waals surface area contributed by atoms with Gasteiger partial charge in [-0.05, 0) is 25.2 Å². The molecule has 0 atom stereocenters. The number of nitrogens with one attached hydrogen (secondary N) is 1. The lowest BCUT2D eigenvalue weighted by atomic mass is 10.1. The van der Waals surface area contributed by atoms with Gasteiger partial charge in [-0.25, -0.2) is 0 Å². The third-order valence-corrected chi connectivity index (χ3v) is 2.57. The Morgan fingerprint density at radius 1 is 1.24 bits per heavy atom. The SMILES string of the molecule is CNCC(F)(F)c1ccc2c(c1)OCCCO2. The summed E-state index contributed by atoms with van der Waals surface area (Å²) in [7, 11) is 1.50. The lowest BCUT2D eigenvalue weighted by molar-refractivity contribution is -0.00149. The lowest BCUT2D eigenvalue weighted by Crippen LogP contribution is -2.28. The molecule has 0 spiro atoms. The summed E-state index contributed by atoms with van der Waals surface area (Å²) in [6.07, 6.45) is 0.761. The fraction of sp³-hybridized carbons (Fsp3) is 0.500. The van der Waals surface area contributed by atoms with E-state index in [4.69, 9.17) is 9.47 Å². The molecule has 1 heterocycles. The molecule has 17 heavy (non-hydrogen) atoms. The molecule has 1 aromatic rings. The molecule has 0 amide bonds. The van der Waals surface area contributed by atoms with Crippen molar-refractivity contribution in [1.29, 1.82) is 0 Å². The Bertz CT molecular complexity index is 396. The van der Waals surface area contributed by atoms with E-state index in [9.17, 15) is 8.78 Å². The van der Waals surface area contributed by atoms with E-state index in [2.05, 4.69) is 5.32 Å². The van der Waals surface area contributed by atoms with E-state index >= 15 is 0 Å². The molecule has 1 N–H and O–H groups in total. The van der Waals surface area contributed by atoms with Crippen molar-refractivity contribution in [3.63, 3.8) is 0 Å². The maximum Gasteiger partial charge on any atom is 0.285 e. The van der Waals surface area contributed by atoms with Crippen LogP contribution in [0.1, 0.15) is 12.0 Å². The number of alkyl halides is 2. The zero-order valence-electron chi connectivity index (χ0n) is 9.63. The monoisotopic (exact) mass is 243 g/mol. The highest BCUT2D eigenvalue weighted by Crippen LogP contribution is 2.36. The summed E-state index contributed by atoms with van der Waals surface area (Å²) in [4.78, 5) is 0. The number of fused-ring (bicyclic) bond motifs is 1. The highest BCUT2D eigenvalue weighted by Gasteiger charge is 2.31. The van der Waals surface area contributed by atoms with Crippen LogP contribution >= 0.6 is 0 Å². The molecule has 0 saturated carbocycles. The third kappa shape index (κ3) is 2.66. The molecule has 0 fully saturated rings. The van der Waals surface area contributed by atoms with Gasteiger partial charge in [-0.2, -0.15) is 8.78 Å². The molecule has 3 nitrogen and oxygen atoms in total. The molecular formula is C12H15F2NO2. The average molecular weight is 243 g/mol. The second-order valence-corrected chi connectivity index (χ2v) is 3.95. The first-order valence-corrected chi connectivity index (χ1v) is 5.56. The maximum absolute atomic E-state index is 13.7. The van der Waals surface area contributed by atoms with Crippen LogP contribution in [0.25, 0.3) is 0 Å². The maximum atomic E-state index is 13.7. The van der Waals surface area contributed by atoms with E-state index in [0.29, 0.717) is 24.7 Å². The Balaban J connectivity index is 2.29. The minimum Gasteiger partial charge on any atom is -0.490 e. The summed E-state index contributed by atoms with van der Waals surface area (Å²) in [5.41, 5.74) is -0.0592. The lowest BCUT2D eigenvalue weighted by Gasteiger charge is -2.17. The van der Waals surface area contributed by atoms with Gasteiger partial charge in [-0.1, -0.05) is 0 Å². The van der Waals surface area contributed by atoms with E-state index in [0.717, 1.165) is 6.42 Å². The number of hydrogen-bond donors (Lipinski definition) is 1. The second-order valence-electron chi connectivity index (χ2n) is 3.95. The largest absolute Gasteiger partial charge is 0.490 e. The number of ether oxygens (including phenoxy) is 2. The van der Waals surface area contributed by atoms with Crippen molar-refractivity contribution < 1.29 is 18.3 Å². The Morgan fingerprint density at radius 3 is 2.65 bits per heavy atom. The Morgan fingerprint density at radius 2 is 1.94 bits per heavy atom. The van der Waals surface area contributed by atoms with Crippen LogP contribution in [0, 0.1) is 0 Å². The zero-order valence-corrected chi connectivity index (χ0v) is 9.63. The number of likely N-dealkylation sites (N-methyl/N-ethyl adjacent to an activating group) is 1. The number of rotatable bonds is 3. The molecule has 5 heteroatoms. The molecule has 0 unspecified atom stereocenters. The molecule has 0 radical (unpaired) electrons. The molecule has 1 aliphatic rings. The molecule has 1 aromatic carbocycles. The first-order valence-electron chi connectivity index (χ1n) is 5.56. The fourth-order valence-electron chi connectivity index (χ4n) is 1.71. The van der Waals surface area contributed by atoms with Gasteiger partial charge >= 0.3 is 0 Å². The van der Waals surface area contributed by atoms with Gasteiger partial charge in [0.25, 0.3) is 5.92 Å². The zero-order chi connectivity index (χ0) is 12.3. The summed E-state index contributed by atoms with van der Waals surface area (Å²) in [6, 6.07) is 4.28. The third-order valence-electron chi connectivity index (χ3n) is 2.57. The predicted octanol–water partition coefficient (Wildman–Crippen LogP) is 2.16. The Hall–Kier alpha value is -1.36. The summed E-state index contributed by atoms with van der Waals surface area (Å²) in [5, 5.41) is 2.48. The van der Waals surface area contributed by atoms with Crippen LogP contribution in [0.4, 0.5) is 8.78 Å². The van der Waals surface area contributed by atoms with Crippen molar-refractivity contribution in [2.24, 2.45) is 0 Å². The summed E-state index contributed by atoms with van der Waals surface area (Å²) >= 11 is 0. The fourth-order valence-corrected chi connectivity index (χ4v) is 1.71. The molecule has 0 aromatic heterocycles. The Kier molecular flexibility index (Phi) is 3.47. The number of hydrogen-bond acceptors (Lipinski definition) is 3. The van der Waals surface area contributed by atoms with Gasteiger partial charge in [0.05, 0.1) is 19.8 Å². The van der Waals surface area contributed by atoms with Crippen molar-refractivity contribution in [3.05, 3.63) is 23.8 Å². The molecule has 0 saturated heterocycles. The van der Waals surface area contributed by atoms with Crippen LogP contribution in [0.2, 0.25) is 0 Å². The summed E-state index contributed by atoms with van der Waals surface area (Å²) < 4.78 is 38.1. The molecule has 1 aliphatic heterocycles. The highest BCUT2D eigenvalue weighted by molar-refractivity contribution is 5.44. The standard InChI is InChI=1S/C12H15F2NO2/c1-15-8-12(13,14)9-3-4-10-11(7-9)17-6-2-5-16-10/h3-4,7,15H,2,5-6,8H2,1H3. The van der Waals surface area contributed by atoms with Crippen molar-refractivity contribution in [3.8, 4) is 11.5 Å². The van der Waals surface area contributed by atoms with Crippen LogP contribution in [-0.4, -0.2) is 26.8 Å². The van der Waals surface area contributed by atoms with Crippen LogP contribution in [-0.2, 0) is 5.92 Å². The molecule has 2 rings (SSSR count). The van der Waals surface area contributed by atoms with E-state index in [1.54, 1.807) is 6.07 Å². The second kappa shape index (κ2) is 4.87. The van der Waals surface area contributed by atoms with E-state index in [1.165, 1.54) is 19.2 Å². The quantitative estimate of drug-likeness (QED) is 0.882. The molecule has 0 bridgehead atoms. The Labute approximate surface area is 98.7 Å². The van der Waals surface area contributed by atoms with Crippen molar-refractivity contribution in [1.82, 2.24) is 5.32 Å². The molecule has 94 valence electrons. The van der Waals surface area contributed by atoms with Gasteiger partial charge in [0.1, 0.15) is 0 Å².